The number of carbonyl (C=O) groups excluding carboxylic acids is 1. The molecular formula is C27H28N4O2S. The lowest BCUT2D eigenvalue weighted by Crippen LogP contribution is -2.34. The zero-order valence-corrected chi connectivity index (χ0v) is 20.2. The molecule has 3 aromatic carbocycles. The normalized spacial score (nSPS) is 10.8. The molecule has 6 nitrogen and oxygen atoms in total. The van der Waals surface area contributed by atoms with Crippen molar-refractivity contribution in [3.63, 3.8) is 0 Å². The Kier molecular flexibility index (Phi) is 7.99. The minimum Gasteiger partial charge on any atom is -0.496 e. The van der Waals surface area contributed by atoms with Crippen LogP contribution in [0, 0.1) is 0 Å². The predicted molar refractivity (Wildman–Crippen MR) is 136 cm³/mol. The molecule has 0 atom stereocenters. The van der Waals surface area contributed by atoms with Crippen LogP contribution >= 0.6 is 11.8 Å². The highest BCUT2D eigenvalue weighted by Crippen LogP contribution is 2.30. The maximum Gasteiger partial charge on any atom is 0.233 e. The monoisotopic (exact) mass is 472 g/mol. The van der Waals surface area contributed by atoms with E-state index in [9.17, 15) is 4.79 Å². The molecule has 1 amide bonds. The van der Waals surface area contributed by atoms with Crippen molar-refractivity contribution in [3.05, 3.63) is 96.1 Å². The van der Waals surface area contributed by atoms with Gasteiger partial charge in [-0.25, -0.2) is 0 Å². The summed E-state index contributed by atoms with van der Waals surface area (Å²) in [6.07, 6.45) is 0.811. The summed E-state index contributed by atoms with van der Waals surface area (Å²) < 4.78 is 7.37. The summed E-state index contributed by atoms with van der Waals surface area (Å²) in [7, 11) is 3.55. The number of nitrogens with zero attached hydrogens (tertiary/aromatic N) is 4. The molecule has 4 aromatic rings. The van der Waals surface area contributed by atoms with E-state index in [1.165, 1.54) is 17.3 Å². The molecule has 0 fully saturated rings. The van der Waals surface area contributed by atoms with Gasteiger partial charge >= 0.3 is 0 Å². The highest BCUT2D eigenvalue weighted by molar-refractivity contribution is 7.99. The molecule has 0 N–H and O–H groups in total. The molecule has 0 saturated heterocycles. The second-order valence-corrected chi connectivity index (χ2v) is 8.83. The largest absolute Gasteiger partial charge is 0.496 e. The number of thioether (sulfide) groups is 1. The molecule has 4 rings (SSSR count). The number of amides is 1. The third-order valence-electron chi connectivity index (χ3n) is 5.59. The third-order valence-corrected chi connectivity index (χ3v) is 6.59. The highest BCUT2D eigenvalue weighted by Gasteiger charge is 2.19. The van der Waals surface area contributed by atoms with Crippen molar-refractivity contribution < 1.29 is 9.53 Å². The summed E-state index contributed by atoms with van der Waals surface area (Å²) >= 11 is 1.40. The fraction of sp³-hybridized carbons (Fsp3) is 0.222. The Labute approximate surface area is 204 Å². The van der Waals surface area contributed by atoms with Gasteiger partial charge in [0, 0.05) is 20.1 Å². The Morgan fingerprint density at radius 2 is 1.56 bits per heavy atom. The van der Waals surface area contributed by atoms with Gasteiger partial charge in [-0.3, -0.25) is 4.79 Å². The first-order valence-electron chi connectivity index (χ1n) is 11.2. The van der Waals surface area contributed by atoms with Crippen molar-refractivity contribution in [1.82, 2.24) is 19.7 Å². The van der Waals surface area contributed by atoms with E-state index in [-0.39, 0.29) is 5.91 Å². The smallest absolute Gasteiger partial charge is 0.233 e. The lowest BCUT2D eigenvalue weighted by molar-refractivity contribution is -0.128. The average Bonchev–Trinajstić information content (AvgIpc) is 3.26. The van der Waals surface area contributed by atoms with Crippen LogP contribution < -0.4 is 4.74 Å². The fourth-order valence-corrected chi connectivity index (χ4v) is 4.54. The molecule has 1 aromatic heterocycles. The lowest BCUT2D eigenvalue weighted by Gasteiger charge is -2.23. The number of ether oxygens (including phenoxy) is 1. The molecule has 0 aliphatic heterocycles. The first-order valence-corrected chi connectivity index (χ1v) is 12.2. The third kappa shape index (κ3) is 5.85. The van der Waals surface area contributed by atoms with E-state index in [0.717, 1.165) is 23.3 Å². The second kappa shape index (κ2) is 11.5. The van der Waals surface area contributed by atoms with E-state index in [2.05, 4.69) is 34.5 Å². The van der Waals surface area contributed by atoms with Crippen LogP contribution in [0.5, 0.6) is 5.75 Å². The Hall–Kier alpha value is -3.58. The molecule has 0 aliphatic rings. The van der Waals surface area contributed by atoms with Crippen molar-refractivity contribution in [2.24, 2.45) is 7.05 Å². The molecule has 0 unspecified atom stereocenters. The van der Waals surface area contributed by atoms with E-state index < -0.39 is 0 Å². The molecule has 0 aliphatic carbocycles. The summed E-state index contributed by atoms with van der Waals surface area (Å²) in [5, 5.41) is 9.37. The van der Waals surface area contributed by atoms with Crippen molar-refractivity contribution in [2.45, 2.75) is 18.1 Å². The SMILES string of the molecule is COc1ccccc1-c1nnc(SCC(=O)N(CCc2ccccc2)Cc2ccccc2)n1C. The molecular weight excluding hydrogens is 444 g/mol. The van der Waals surface area contributed by atoms with Gasteiger partial charge < -0.3 is 14.2 Å². The zero-order chi connectivity index (χ0) is 23.8. The summed E-state index contributed by atoms with van der Waals surface area (Å²) in [6.45, 7) is 1.24. The lowest BCUT2D eigenvalue weighted by atomic mass is 10.1. The number of aromatic nitrogens is 3. The van der Waals surface area contributed by atoms with Gasteiger partial charge in [0.1, 0.15) is 5.75 Å². The van der Waals surface area contributed by atoms with Crippen LogP contribution in [0.2, 0.25) is 0 Å². The first-order chi connectivity index (χ1) is 16.7. The minimum absolute atomic E-state index is 0.0756. The van der Waals surface area contributed by atoms with E-state index in [0.29, 0.717) is 29.8 Å². The van der Waals surface area contributed by atoms with Gasteiger partial charge in [0.25, 0.3) is 0 Å². The summed E-state index contributed by atoms with van der Waals surface area (Å²) in [6, 6.07) is 28.1. The molecule has 0 bridgehead atoms. The predicted octanol–water partition coefficient (Wildman–Crippen LogP) is 4.85. The van der Waals surface area contributed by atoms with Gasteiger partial charge in [0.2, 0.25) is 5.91 Å². The number of hydrogen-bond acceptors (Lipinski definition) is 5. The van der Waals surface area contributed by atoms with Crippen LogP contribution in [0.1, 0.15) is 11.1 Å². The van der Waals surface area contributed by atoms with Crippen LogP contribution in [0.25, 0.3) is 11.4 Å². The van der Waals surface area contributed by atoms with Crippen molar-refractivity contribution >= 4 is 17.7 Å². The van der Waals surface area contributed by atoms with Crippen LogP contribution in [-0.2, 0) is 24.8 Å². The standard InChI is InChI=1S/C27H28N4O2S/c1-30-26(23-15-9-10-16-24(23)33-2)28-29-27(30)34-20-25(32)31(19-22-13-7-4-8-14-22)18-17-21-11-5-3-6-12-21/h3-16H,17-20H2,1-2H3. The summed E-state index contributed by atoms with van der Waals surface area (Å²) in [4.78, 5) is 15.2. The fourth-order valence-electron chi connectivity index (χ4n) is 3.73. The van der Waals surface area contributed by atoms with Gasteiger partial charge in [-0.05, 0) is 29.7 Å². The van der Waals surface area contributed by atoms with Crippen LogP contribution in [0.4, 0.5) is 0 Å². The van der Waals surface area contributed by atoms with E-state index in [1.807, 2.05) is 77.2 Å². The minimum atomic E-state index is 0.0756. The van der Waals surface area contributed by atoms with Crippen LogP contribution in [0.15, 0.2) is 90.1 Å². The number of benzene rings is 3. The van der Waals surface area contributed by atoms with Gasteiger partial charge in [-0.2, -0.15) is 0 Å². The number of methoxy groups -OCH3 is 1. The van der Waals surface area contributed by atoms with Crippen molar-refractivity contribution in [3.8, 4) is 17.1 Å². The van der Waals surface area contributed by atoms with Gasteiger partial charge in [-0.15, -0.1) is 10.2 Å². The number of para-hydroxylation sites is 1. The average molecular weight is 473 g/mol. The molecule has 0 spiro atoms. The zero-order valence-electron chi connectivity index (χ0n) is 19.4. The Balaban J connectivity index is 1.45. The maximum absolute atomic E-state index is 13.3. The van der Waals surface area contributed by atoms with Crippen LogP contribution in [-0.4, -0.2) is 45.0 Å². The Morgan fingerprint density at radius 1 is 0.912 bits per heavy atom. The van der Waals surface area contributed by atoms with E-state index >= 15 is 0 Å². The van der Waals surface area contributed by atoms with Gasteiger partial charge in [-0.1, -0.05) is 84.6 Å². The molecule has 7 heteroatoms. The van der Waals surface area contributed by atoms with Gasteiger partial charge in [0.15, 0.2) is 11.0 Å². The second-order valence-electron chi connectivity index (χ2n) is 7.89. The topological polar surface area (TPSA) is 60.3 Å². The van der Waals surface area contributed by atoms with Crippen LogP contribution in [0.3, 0.4) is 0 Å². The van der Waals surface area contributed by atoms with Gasteiger partial charge in [0.05, 0.1) is 18.4 Å². The number of carbonyl (C=O) groups is 1. The number of rotatable bonds is 10. The molecule has 0 radical (unpaired) electrons. The quantitative estimate of drug-likeness (QED) is 0.309. The number of hydrogen-bond donors (Lipinski definition) is 0. The molecule has 34 heavy (non-hydrogen) atoms. The van der Waals surface area contributed by atoms with Crippen molar-refractivity contribution in [1.29, 1.82) is 0 Å². The molecule has 174 valence electrons. The Morgan fingerprint density at radius 3 is 2.26 bits per heavy atom. The van der Waals surface area contributed by atoms with E-state index in [4.69, 9.17) is 4.74 Å². The summed E-state index contributed by atoms with van der Waals surface area (Å²) in [5.41, 5.74) is 3.20. The van der Waals surface area contributed by atoms with E-state index in [1.54, 1.807) is 7.11 Å². The molecule has 1 heterocycles. The van der Waals surface area contributed by atoms with Crippen molar-refractivity contribution in [2.75, 3.05) is 19.4 Å². The summed E-state index contributed by atoms with van der Waals surface area (Å²) in [5.74, 6) is 1.81. The first kappa shape index (κ1) is 23.6. The highest BCUT2D eigenvalue weighted by atomic mass is 32.2. The Bertz CT molecular complexity index is 1210. The molecule has 0 saturated carbocycles. The maximum atomic E-state index is 13.3.